The molecule has 50 valence electrons. The molecular weight excluding hydrogens is 116 g/mol. The summed E-state index contributed by atoms with van der Waals surface area (Å²) in [6.45, 7) is 4.34. The summed E-state index contributed by atoms with van der Waals surface area (Å²) in [6.07, 6.45) is 1.94. The number of ether oxygens (including phenoxy) is 1. The number of carbonyl (C=O) groups is 1. The molecule has 9 heavy (non-hydrogen) atoms. The van der Waals surface area contributed by atoms with Crippen LogP contribution in [0.2, 0.25) is 0 Å². The van der Waals surface area contributed by atoms with E-state index in [2.05, 4.69) is 0 Å². The van der Waals surface area contributed by atoms with Crippen molar-refractivity contribution < 1.29 is 9.53 Å². The van der Waals surface area contributed by atoms with Gasteiger partial charge in [-0.2, -0.15) is 0 Å². The molecule has 1 atom stereocenters. The van der Waals surface area contributed by atoms with E-state index in [-0.39, 0.29) is 5.97 Å². The van der Waals surface area contributed by atoms with Crippen molar-refractivity contribution in [3.8, 4) is 0 Å². The fourth-order valence-electron chi connectivity index (χ4n) is 0.864. The molecule has 0 aromatic carbocycles. The fraction of sp³-hybridized carbons (Fsp3) is 0.571. The third-order valence-corrected chi connectivity index (χ3v) is 1.33. The minimum atomic E-state index is -0.173. The molecule has 0 spiro atoms. The molecule has 1 aliphatic rings. The molecule has 2 nitrogen and oxygen atoms in total. The Balaban J connectivity index is 2.72. The zero-order valence-electron chi connectivity index (χ0n) is 5.68. The molecule has 0 radical (unpaired) electrons. The molecule has 0 saturated carbocycles. The lowest BCUT2D eigenvalue weighted by molar-refractivity contribution is -0.140. The Bertz CT molecular complexity index is 158. The number of rotatable bonds is 0. The minimum Gasteiger partial charge on any atom is -0.462 e. The third-order valence-electron chi connectivity index (χ3n) is 1.33. The standard InChI is InChI=1S/C7H10O2/c1-5-3-6(2)7(8)9-4-5/h3,5H,4H2,1-2H3/t5-/m0/s1. The van der Waals surface area contributed by atoms with E-state index in [1.165, 1.54) is 0 Å². The maximum Gasteiger partial charge on any atom is 0.333 e. The Morgan fingerprint density at radius 2 is 2.44 bits per heavy atom. The van der Waals surface area contributed by atoms with Crippen molar-refractivity contribution in [1.82, 2.24) is 0 Å². The Morgan fingerprint density at radius 3 is 2.89 bits per heavy atom. The van der Waals surface area contributed by atoms with E-state index >= 15 is 0 Å². The van der Waals surface area contributed by atoms with Gasteiger partial charge in [0.1, 0.15) is 0 Å². The Kier molecular flexibility index (Phi) is 1.56. The van der Waals surface area contributed by atoms with Crippen molar-refractivity contribution in [2.75, 3.05) is 6.61 Å². The molecule has 0 unspecified atom stereocenters. The molecule has 0 amide bonds. The summed E-state index contributed by atoms with van der Waals surface area (Å²) >= 11 is 0. The van der Waals surface area contributed by atoms with Gasteiger partial charge in [0, 0.05) is 11.5 Å². The van der Waals surface area contributed by atoms with Gasteiger partial charge in [0.2, 0.25) is 0 Å². The van der Waals surface area contributed by atoms with Gasteiger partial charge in [0.15, 0.2) is 0 Å². The van der Waals surface area contributed by atoms with Crippen LogP contribution in [0.1, 0.15) is 13.8 Å². The molecule has 0 aromatic rings. The summed E-state index contributed by atoms with van der Waals surface area (Å²) in [6, 6.07) is 0. The lowest BCUT2D eigenvalue weighted by Gasteiger charge is -2.14. The molecule has 0 bridgehead atoms. The molecule has 0 N–H and O–H groups in total. The third kappa shape index (κ3) is 1.31. The van der Waals surface area contributed by atoms with Crippen molar-refractivity contribution in [3.63, 3.8) is 0 Å². The van der Waals surface area contributed by atoms with Gasteiger partial charge in [0.05, 0.1) is 6.61 Å². The van der Waals surface area contributed by atoms with Crippen LogP contribution in [0.5, 0.6) is 0 Å². The molecular formula is C7H10O2. The van der Waals surface area contributed by atoms with Crippen molar-refractivity contribution in [3.05, 3.63) is 11.6 Å². The van der Waals surface area contributed by atoms with Crippen LogP contribution in [0.3, 0.4) is 0 Å². The number of cyclic esters (lactones) is 1. The summed E-state index contributed by atoms with van der Waals surface area (Å²) in [5, 5.41) is 0. The molecule has 0 saturated heterocycles. The SMILES string of the molecule is CC1=C[C@H](C)COC1=O. The minimum absolute atomic E-state index is 0.173. The fourth-order valence-corrected chi connectivity index (χ4v) is 0.864. The number of esters is 1. The van der Waals surface area contributed by atoms with Gasteiger partial charge in [-0.1, -0.05) is 13.0 Å². The molecule has 0 aliphatic carbocycles. The van der Waals surface area contributed by atoms with E-state index in [0.29, 0.717) is 12.5 Å². The van der Waals surface area contributed by atoms with E-state index in [1.54, 1.807) is 6.92 Å². The monoisotopic (exact) mass is 126 g/mol. The van der Waals surface area contributed by atoms with E-state index in [1.807, 2.05) is 13.0 Å². The quantitative estimate of drug-likeness (QED) is 0.455. The van der Waals surface area contributed by atoms with E-state index in [0.717, 1.165) is 5.57 Å². The molecule has 1 aliphatic heterocycles. The van der Waals surface area contributed by atoms with Gasteiger partial charge in [-0.05, 0) is 6.92 Å². The largest absolute Gasteiger partial charge is 0.462 e. The normalized spacial score (nSPS) is 27.1. The summed E-state index contributed by atoms with van der Waals surface area (Å²) < 4.78 is 4.80. The van der Waals surface area contributed by atoms with E-state index in [4.69, 9.17) is 4.74 Å². The zero-order valence-corrected chi connectivity index (χ0v) is 5.68. The smallest absolute Gasteiger partial charge is 0.333 e. The lowest BCUT2D eigenvalue weighted by atomic mass is 10.1. The maximum absolute atomic E-state index is 10.6. The first-order valence-corrected chi connectivity index (χ1v) is 3.05. The Hall–Kier alpha value is -0.790. The zero-order chi connectivity index (χ0) is 6.85. The van der Waals surface area contributed by atoms with Gasteiger partial charge in [-0.15, -0.1) is 0 Å². The van der Waals surface area contributed by atoms with E-state index in [9.17, 15) is 4.79 Å². The highest BCUT2D eigenvalue weighted by Crippen LogP contribution is 2.11. The van der Waals surface area contributed by atoms with Gasteiger partial charge in [0.25, 0.3) is 0 Å². The van der Waals surface area contributed by atoms with Crippen LogP contribution in [0.4, 0.5) is 0 Å². The maximum atomic E-state index is 10.6. The summed E-state index contributed by atoms with van der Waals surface area (Å²) in [5.74, 6) is 0.218. The first-order chi connectivity index (χ1) is 4.20. The number of hydrogen-bond donors (Lipinski definition) is 0. The molecule has 0 fully saturated rings. The molecule has 2 heteroatoms. The van der Waals surface area contributed by atoms with Gasteiger partial charge >= 0.3 is 5.97 Å². The van der Waals surface area contributed by atoms with Gasteiger partial charge in [-0.3, -0.25) is 0 Å². The Morgan fingerprint density at radius 1 is 1.78 bits per heavy atom. The van der Waals surface area contributed by atoms with E-state index < -0.39 is 0 Å². The predicted octanol–water partition coefficient (Wildman–Crippen LogP) is 1.13. The summed E-state index contributed by atoms with van der Waals surface area (Å²) in [5.41, 5.74) is 0.730. The van der Waals surface area contributed by atoms with Gasteiger partial charge in [-0.25, -0.2) is 4.79 Å². The van der Waals surface area contributed by atoms with Crippen LogP contribution < -0.4 is 0 Å². The molecule has 0 aromatic heterocycles. The number of hydrogen-bond acceptors (Lipinski definition) is 2. The second-order valence-corrected chi connectivity index (χ2v) is 2.43. The molecule has 1 heterocycles. The summed E-state index contributed by atoms with van der Waals surface area (Å²) in [4.78, 5) is 10.6. The second kappa shape index (κ2) is 2.21. The topological polar surface area (TPSA) is 26.3 Å². The lowest BCUT2D eigenvalue weighted by Crippen LogP contribution is -2.17. The highest BCUT2D eigenvalue weighted by molar-refractivity contribution is 5.88. The van der Waals surface area contributed by atoms with Gasteiger partial charge < -0.3 is 4.74 Å². The van der Waals surface area contributed by atoms with Crippen molar-refractivity contribution in [2.24, 2.45) is 5.92 Å². The van der Waals surface area contributed by atoms with Crippen molar-refractivity contribution >= 4 is 5.97 Å². The average molecular weight is 126 g/mol. The van der Waals surface area contributed by atoms with Crippen LogP contribution in [0, 0.1) is 5.92 Å². The van der Waals surface area contributed by atoms with Crippen LogP contribution in [-0.4, -0.2) is 12.6 Å². The van der Waals surface area contributed by atoms with Crippen LogP contribution >= 0.6 is 0 Å². The first-order valence-electron chi connectivity index (χ1n) is 3.05. The second-order valence-electron chi connectivity index (χ2n) is 2.43. The summed E-state index contributed by atoms with van der Waals surface area (Å²) in [7, 11) is 0. The molecule has 1 rings (SSSR count). The number of carbonyl (C=O) groups excluding carboxylic acids is 1. The van der Waals surface area contributed by atoms with Crippen molar-refractivity contribution in [1.29, 1.82) is 0 Å². The van der Waals surface area contributed by atoms with Crippen LogP contribution in [-0.2, 0) is 9.53 Å². The Labute approximate surface area is 54.5 Å². The van der Waals surface area contributed by atoms with Crippen molar-refractivity contribution in [2.45, 2.75) is 13.8 Å². The predicted molar refractivity (Wildman–Crippen MR) is 33.9 cm³/mol. The highest BCUT2D eigenvalue weighted by atomic mass is 16.5. The highest BCUT2D eigenvalue weighted by Gasteiger charge is 2.14. The average Bonchev–Trinajstić information content (AvgIpc) is 1.80. The first kappa shape index (κ1) is 6.33. The van der Waals surface area contributed by atoms with Crippen LogP contribution in [0.25, 0.3) is 0 Å². The van der Waals surface area contributed by atoms with Crippen LogP contribution in [0.15, 0.2) is 11.6 Å².